The van der Waals surface area contributed by atoms with Crippen molar-refractivity contribution in [1.82, 2.24) is 5.48 Å². The van der Waals surface area contributed by atoms with Crippen molar-refractivity contribution in [2.45, 2.75) is 13.3 Å². The van der Waals surface area contributed by atoms with E-state index in [1.165, 1.54) is 0 Å². The van der Waals surface area contributed by atoms with Crippen molar-refractivity contribution in [2.24, 2.45) is 0 Å². The number of hydrogen-bond donors (Lipinski definition) is 1. The van der Waals surface area contributed by atoms with Crippen molar-refractivity contribution in [1.29, 1.82) is 0 Å². The maximum atomic E-state index is 12.4. The summed E-state index contributed by atoms with van der Waals surface area (Å²) in [5.41, 5.74) is 4.74. The smallest absolute Gasteiger partial charge is 0.274 e. The van der Waals surface area contributed by atoms with Crippen LogP contribution in [0.25, 0.3) is 16.8 Å². The highest BCUT2D eigenvalue weighted by molar-refractivity contribution is 6.19. The maximum absolute atomic E-state index is 12.4. The molecule has 1 N–H and O–H groups in total. The Morgan fingerprint density at radius 2 is 1.66 bits per heavy atom. The van der Waals surface area contributed by atoms with E-state index < -0.39 is 0 Å². The minimum absolute atomic E-state index is 0.168. The quantitative estimate of drug-likeness (QED) is 0.169. The second kappa shape index (κ2) is 15.6. The van der Waals surface area contributed by atoms with Crippen LogP contribution in [0.15, 0.2) is 54.6 Å². The van der Waals surface area contributed by atoms with Gasteiger partial charge in [-0.3, -0.25) is 9.63 Å². The number of hydrogen-bond acceptors (Lipinski definition) is 5. The molecule has 0 atom stereocenters. The molecule has 0 unspecified atom stereocenters. The number of rotatable bonds is 16. The summed E-state index contributed by atoms with van der Waals surface area (Å²) in [6, 6.07) is 11.5. The number of carbonyl (C=O) groups excluding carboxylic acids is 1. The minimum Gasteiger partial charge on any atom is -0.379 e. The van der Waals surface area contributed by atoms with Gasteiger partial charge in [0, 0.05) is 18.1 Å². The van der Waals surface area contributed by atoms with Gasteiger partial charge in [-0.25, -0.2) is 5.48 Å². The van der Waals surface area contributed by atoms with Crippen LogP contribution < -0.4 is 5.48 Å². The van der Waals surface area contributed by atoms with Gasteiger partial charge in [0.2, 0.25) is 0 Å². The van der Waals surface area contributed by atoms with Crippen molar-refractivity contribution in [3.05, 3.63) is 65.8 Å². The SMILES string of the molecule is C=C(COCCOCCOCCC)CONC(=O)c1ccc2cc(/C=C/CCl)ccc2c1. The first kappa shape index (κ1) is 26.0. The summed E-state index contributed by atoms with van der Waals surface area (Å²) in [5.74, 6) is 0.157. The molecule has 32 heavy (non-hydrogen) atoms. The van der Waals surface area contributed by atoms with Crippen LogP contribution in [0.4, 0.5) is 0 Å². The van der Waals surface area contributed by atoms with Crippen molar-refractivity contribution >= 4 is 34.4 Å². The Kier molecular flexibility index (Phi) is 12.7. The fourth-order valence-electron chi connectivity index (χ4n) is 2.79. The largest absolute Gasteiger partial charge is 0.379 e. The molecular weight excluding hydrogens is 430 g/mol. The summed E-state index contributed by atoms with van der Waals surface area (Å²) in [6.45, 7) is 9.32. The number of amides is 1. The number of alkyl halides is 1. The average Bonchev–Trinajstić information content (AvgIpc) is 2.81. The molecule has 0 radical (unpaired) electrons. The number of nitrogens with one attached hydrogen (secondary N) is 1. The van der Waals surface area contributed by atoms with Gasteiger partial charge < -0.3 is 14.2 Å². The Bertz CT molecular complexity index is 884. The zero-order chi connectivity index (χ0) is 23.0. The van der Waals surface area contributed by atoms with Crippen molar-refractivity contribution in [3.63, 3.8) is 0 Å². The molecule has 0 saturated carbocycles. The Hall–Kier alpha value is -2.22. The van der Waals surface area contributed by atoms with E-state index in [4.69, 9.17) is 30.6 Å². The van der Waals surface area contributed by atoms with Gasteiger partial charge in [-0.05, 0) is 46.5 Å². The van der Waals surface area contributed by atoms with Crippen LogP contribution in [-0.2, 0) is 19.0 Å². The molecule has 2 aromatic rings. The topological polar surface area (TPSA) is 66.0 Å². The van der Waals surface area contributed by atoms with E-state index in [1.54, 1.807) is 6.07 Å². The predicted octanol–water partition coefficient (Wildman–Crippen LogP) is 4.77. The first-order valence-electron chi connectivity index (χ1n) is 10.7. The number of carbonyl (C=O) groups is 1. The normalized spacial score (nSPS) is 11.3. The zero-order valence-corrected chi connectivity index (χ0v) is 19.4. The number of benzene rings is 2. The standard InChI is InChI=1S/C25H32ClNO5/c1-3-11-29-12-13-30-14-15-31-18-20(2)19-32-27-25(28)24-9-8-22-16-21(5-4-10-26)6-7-23(22)17-24/h4-9,16-17H,2-3,10-15,18-19H2,1H3,(H,27,28)/b5-4+. The van der Waals surface area contributed by atoms with Crippen molar-refractivity contribution in [2.75, 3.05) is 52.1 Å². The van der Waals surface area contributed by atoms with E-state index in [1.807, 2.05) is 42.5 Å². The molecule has 0 aliphatic carbocycles. The summed E-state index contributed by atoms with van der Waals surface area (Å²) < 4.78 is 16.2. The molecule has 0 aliphatic rings. The summed E-state index contributed by atoms with van der Waals surface area (Å²) >= 11 is 5.68. The lowest BCUT2D eigenvalue weighted by molar-refractivity contribution is 0.0135. The van der Waals surface area contributed by atoms with E-state index in [0.717, 1.165) is 29.4 Å². The fourth-order valence-corrected chi connectivity index (χ4v) is 2.88. The number of hydroxylamine groups is 1. The van der Waals surface area contributed by atoms with Gasteiger partial charge in [-0.15, -0.1) is 11.6 Å². The van der Waals surface area contributed by atoms with Crippen LogP contribution in [0.5, 0.6) is 0 Å². The van der Waals surface area contributed by atoms with Gasteiger partial charge in [-0.1, -0.05) is 43.9 Å². The van der Waals surface area contributed by atoms with E-state index in [9.17, 15) is 4.79 Å². The zero-order valence-electron chi connectivity index (χ0n) is 18.6. The predicted molar refractivity (Wildman–Crippen MR) is 129 cm³/mol. The van der Waals surface area contributed by atoms with E-state index in [0.29, 0.717) is 50.1 Å². The van der Waals surface area contributed by atoms with E-state index in [-0.39, 0.29) is 12.5 Å². The monoisotopic (exact) mass is 461 g/mol. The van der Waals surface area contributed by atoms with Gasteiger partial charge in [0.25, 0.3) is 5.91 Å². The summed E-state index contributed by atoms with van der Waals surface area (Å²) in [5, 5.41) is 2.01. The molecule has 0 aromatic heterocycles. The molecule has 0 fully saturated rings. The molecule has 0 spiro atoms. The Morgan fingerprint density at radius 1 is 0.969 bits per heavy atom. The molecule has 2 rings (SSSR count). The highest BCUT2D eigenvalue weighted by Gasteiger charge is 2.07. The van der Waals surface area contributed by atoms with Crippen molar-refractivity contribution < 1.29 is 23.8 Å². The van der Waals surface area contributed by atoms with Gasteiger partial charge in [0.1, 0.15) is 0 Å². The average molecular weight is 462 g/mol. The van der Waals surface area contributed by atoms with Gasteiger partial charge in [-0.2, -0.15) is 0 Å². The number of halogens is 1. The number of ether oxygens (including phenoxy) is 3. The van der Waals surface area contributed by atoms with Crippen LogP contribution in [0.2, 0.25) is 0 Å². The number of fused-ring (bicyclic) bond motifs is 1. The van der Waals surface area contributed by atoms with Gasteiger partial charge in [0.05, 0.1) is 39.6 Å². The Labute approximate surface area is 195 Å². The maximum Gasteiger partial charge on any atom is 0.274 e. The molecule has 0 saturated heterocycles. The molecule has 1 amide bonds. The fraction of sp³-hybridized carbons (Fsp3) is 0.400. The van der Waals surface area contributed by atoms with Crippen LogP contribution in [0.1, 0.15) is 29.3 Å². The molecular formula is C25H32ClNO5. The van der Waals surface area contributed by atoms with Crippen LogP contribution in [-0.4, -0.2) is 58.0 Å². The van der Waals surface area contributed by atoms with Gasteiger partial charge >= 0.3 is 0 Å². The molecule has 174 valence electrons. The molecule has 0 aliphatic heterocycles. The van der Waals surface area contributed by atoms with E-state index in [2.05, 4.69) is 19.0 Å². The Balaban J connectivity index is 1.64. The van der Waals surface area contributed by atoms with Gasteiger partial charge in [0.15, 0.2) is 0 Å². The molecule has 0 heterocycles. The second-order valence-corrected chi connectivity index (χ2v) is 7.43. The lowest BCUT2D eigenvalue weighted by atomic mass is 10.0. The second-order valence-electron chi connectivity index (χ2n) is 7.13. The first-order chi connectivity index (χ1) is 15.6. The summed E-state index contributed by atoms with van der Waals surface area (Å²) in [4.78, 5) is 17.6. The highest BCUT2D eigenvalue weighted by Crippen LogP contribution is 2.19. The molecule has 0 bridgehead atoms. The molecule has 6 nitrogen and oxygen atoms in total. The summed E-state index contributed by atoms with van der Waals surface area (Å²) in [6.07, 6.45) is 4.86. The first-order valence-corrected chi connectivity index (χ1v) is 11.3. The minimum atomic E-state index is -0.314. The summed E-state index contributed by atoms with van der Waals surface area (Å²) in [7, 11) is 0. The Morgan fingerprint density at radius 3 is 2.41 bits per heavy atom. The highest BCUT2D eigenvalue weighted by atomic mass is 35.5. The van der Waals surface area contributed by atoms with E-state index >= 15 is 0 Å². The molecule has 7 heteroatoms. The lowest BCUT2D eigenvalue weighted by Gasteiger charge is -2.10. The lowest BCUT2D eigenvalue weighted by Crippen LogP contribution is -2.25. The van der Waals surface area contributed by atoms with Crippen LogP contribution in [0.3, 0.4) is 0 Å². The third kappa shape index (κ3) is 9.94. The molecule has 2 aromatic carbocycles. The van der Waals surface area contributed by atoms with Crippen LogP contribution in [0, 0.1) is 0 Å². The third-order valence-corrected chi connectivity index (χ3v) is 4.54. The van der Waals surface area contributed by atoms with Crippen LogP contribution >= 0.6 is 11.6 Å². The number of allylic oxidation sites excluding steroid dienone is 1. The van der Waals surface area contributed by atoms with Crippen molar-refractivity contribution in [3.8, 4) is 0 Å². The third-order valence-electron chi connectivity index (χ3n) is 4.37.